The summed E-state index contributed by atoms with van der Waals surface area (Å²) >= 11 is 0. The van der Waals surface area contributed by atoms with Crippen molar-refractivity contribution < 1.29 is 9.59 Å². The lowest BCUT2D eigenvalue weighted by atomic mass is 10.1. The second-order valence-corrected chi connectivity index (χ2v) is 7.06. The first-order valence-corrected chi connectivity index (χ1v) is 9.30. The highest BCUT2D eigenvalue weighted by Gasteiger charge is 2.30. The number of carbonyl (C=O) groups excluding carboxylic acids is 2. The fourth-order valence-electron chi connectivity index (χ4n) is 3.70. The SMILES string of the molecule is CC(CCc1ccccc1)NC(=O)CN1C(=O)c2cccc3cccc1c23. The van der Waals surface area contributed by atoms with Crippen LogP contribution in [-0.4, -0.2) is 24.4 Å². The largest absolute Gasteiger partial charge is 0.352 e. The smallest absolute Gasteiger partial charge is 0.259 e. The standard InChI is InChI=1S/C23H22N2O2/c1-16(13-14-17-7-3-2-4-8-17)24-21(26)15-25-20-12-6-10-18-9-5-11-19(22(18)20)23(25)27/h2-12,16H,13-15H2,1H3,(H,24,26). The molecule has 1 heterocycles. The van der Waals surface area contributed by atoms with E-state index in [0.29, 0.717) is 5.56 Å². The first kappa shape index (κ1) is 17.3. The van der Waals surface area contributed by atoms with E-state index in [1.165, 1.54) is 5.56 Å². The number of rotatable bonds is 6. The van der Waals surface area contributed by atoms with Crippen molar-refractivity contribution in [2.75, 3.05) is 11.4 Å². The van der Waals surface area contributed by atoms with Crippen molar-refractivity contribution in [3.63, 3.8) is 0 Å². The average molecular weight is 358 g/mol. The van der Waals surface area contributed by atoms with Gasteiger partial charge in [0.1, 0.15) is 6.54 Å². The number of aryl methyl sites for hydroxylation is 1. The molecule has 4 heteroatoms. The van der Waals surface area contributed by atoms with Crippen molar-refractivity contribution in [3.05, 3.63) is 77.9 Å². The molecule has 27 heavy (non-hydrogen) atoms. The summed E-state index contributed by atoms with van der Waals surface area (Å²) in [5.74, 6) is -0.234. The van der Waals surface area contributed by atoms with Crippen molar-refractivity contribution in [1.82, 2.24) is 5.32 Å². The Hall–Kier alpha value is -3.14. The number of nitrogens with zero attached hydrogens (tertiary/aromatic N) is 1. The summed E-state index contributed by atoms with van der Waals surface area (Å²) in [4.78, 5) is 26.9. The number of benzene rings is 3. The van der Waals surface area contributed by atoms with Gasteiger partial charge in [0.15, 0.2) is 0 Å². The molecule has 1 unspecified atom stereocenters. The maximum absolute atomic E-state index is 12.8. The van der Waals surface area contributed by atoms with Crippen molar-refractivity contribution in [1.29, 1.82) is 0 Å². The molecule has 136 valence electrons. The Morgan fingerprint density at radius 2 is 1.74 bits per heavy atom. The number of hydrogen-bond acceptors (Lipinski definition) is 2. The van der Waals surface area contributed by atoms with Gasteiger partial charge in [-0.2, -0.15) is 0 Å². The predicted molar refractivity (Wildman–Crippen MR) is 108 cm³/mol. The van der Waals surface area contributed by atoms with Crippen LogP contribution in [0.3, 0.4) is 0 Å². The molecule has 4 nitrogen and oxygen atoms in total. The molecule has 0 spiro atoms. The molecule has 3 aromatic carbocycles. The quantitative estimate of drug-likeness (QED) is 0.726. The number of hydrogen-bond donors (Lipinski definition) is 1. The summed E-state index contributed by atoms with van der Waals surface area (Å²) in [5.41, 5.74) is 2.75. The van der Waals surface area contributed by atoms with Gasteiger partial charge in [0, 0.05) is 17.0 Å². The molecule has 0 fully saturated rings. The van der Waals surface area contributed by atoms with E-state index in [9.17, 15) is 9.59 Å². The first-order chi connectivity index (χ1) is 13.1. The van der Waals surface area contributed by atoms with Crippen LogP contribution >= 0.6 is 0 Å². The fourth-order valence-corrected chi connectivity index (χ4v) is 3.70. The van der Waals surface area contributed by atoms with E-state index in [1.807, 2.05) is 61.5 Å². The van der Waals surface area contributed by atoms with Gasteiger partial charge in [-0.3, -0.25) is 14.5 Å². The van der Waals surface area contributed by atoms with Gasteiger partial charge < -0.3 is 5.32 Å². The van der Waals surface area contributed by atoms with E-state index < -0.39 is 0 Å². The van der Waals surface area contributed by atoms with Crippen LogP contribution in [0, 0.1) is 0 Å². The van der Waals surface area contributed by atoms with Crippen LogP contribution in [0.2, 0.25) is 0 Å². The van der Waals surface area contributed by atoms with Gasteiger partial charge in [-0.05, 0) is 42.8 Å². The second kappa shape index (κ2) is 7.23. The van der Waals surface area contributed by atoms with Crippen LogP contribution in [0.25, 0.3) is 10.8 Å². The van der Waals surface area contributed by atoms with Crippen LogP contribution in [0.5, 0.6) is 0 Å². The minimum atomic E-state index is -0.131. The third-order valence-corrected chi connectivity index (χ3v) is 5.07. The van der Waals surface area contributed by atoms with Gasteiger partial charge >= 0.3 is 0 Å². The molecule has 0 bridgehead atoms. The molecule has 0 saturated heterocycles. The van der Waals surface area contributed by atoms with Gasteiger partial charge in [-0.25, -0.2) is 0 Å². The summed E-state index contributed by atoms with van der Waals surface area (Å²) in [6, 6.07) is 21.8. The van der Waals surface area contributed by atoms with Gasteiger partial charge in [0.05, 0.1) is 5.69 Å². The van der Waals surface area contributed by atoms with Gasteiger partial charge in [-0.15, -0.1) is 0 Å². The van der Waals surface area contributed by atoms with E-state index >= 15 is 0 Å². The van der Waals surface area contributed by atoms with Crippen LogP contribution in [0.1, 0.15) is 29.3 Å². The highest BCUT2D eigenvalue weighted by atomic mass is 16.2. The van der Waals surface area contributed by atoms with Gasteiger partial charge in [0.2, 0.25) is 5.91 Å². The Balaban J connectivity index is 1.40. The molecule has 0 radical (unpaired) electrons. The fraction of sp³-hybridized carbons (Fsp3) is 0.217. The number of anilines is 1. The monoisotopic (exact) mass is 358 g/mol. The minimum Gasteiger partial charge on any atom is -0.352 e. The lowest BCUT2D eigenvalue weighted by molar-refractivity contribution is -0.120. The van der Waals surface area contributed by atoms with Crippen molar-refractivity contribution >= 4 is 28.3 Å². The zero-order valence-corrected chi connectivity index (χ0v) is 15.3. The second-order valence-electron chi connectivity index (χ2n) is 7.06. The molecule has 1 atom stereocenters. The number of amides is 2. The van der Waals surface area contributed by atoms with Crippen molar-refractivity contribution in [2.24, 2.45) is 0 Å². The molecule has 1 aliphatic rings. The summed E-state index contributed by atoms with van der Waals surface area (Å²) in [6.45, 7) is 2.05. The molecular weight excluding hydrogens is 336 g/mol. The zero-order valence-electron chi connectivity index (χ0n) is 15.3. The summed E-state index contributed by atoms with van der Waals surface area (Å²) in [5, 5.41) is 4.99. The molecule has 0 aliphatic carbocycles. The minimum absolute atomic E-state index is 0.0440. The highest BCUT2D eigenvalue weighted by molar-refractivity contribution is 6.26. The average Bonchev–Trinajstić information content (AvgIpc) is 2.95. The van der Waals surface area contributed by atoms with Gasteiger partial charge in [-0.1, -0.05) is 54.6 Å². The molecular formula is C23H22N2O2. The summed E-state index contributed by atoms with van der Waals surface area (Å²) < 4.78 is 0. The topological polar surface area (TPSA) is 49.4 Å². The summed E-state index contributed by atoms with van der Waals surface area (Å²) in [7, 11) is 0. The Bertz CT molecular complexity index is 992. The van der Waals surface area contributed by atoms with Crippen LogP contribution in [0.15, 0.2) is 66.7 Å². The Kier molecular flexibility index (Phi) is 4.63. The van der Waals surface area contributed by atoms with Gasteiger partial charge in [0.25, 0.3) is 5.91 Å². The third kappa shape index (κ3) is 3.43. The first-order valence-electron chi connectivity index (χ1n) is 9.30. The Morgan fingerprint density at radius 3 is 2.52 bits per heavy atom. The molecule has 3 aromatic rings. The number of nitrogens with one attached hydrogen (secondary N) is 1. The van der Waals surface area contributed by atoms with Crippen molar-refractivity contribution in [3.8, 4) is 0 Å². The Morgan fingerprint density at radius 1 is 1.00 bits per heavy atom. The Labute approximate surface area is 158 Å². The zero-order chi connectivity index (χ0) is 18.8. The van der Waals surface area contributed by atoms with E-state index in [4.69, 9.17) is 0 Å². The molecule has 1 N–H and O–H groups in total. The lowest BCUT2D eigenvalue weighted by Gasteiger charge is -2.20. The van der Waals surface area contributed by atoms with Crippen LogP contribution < -0.4 is 10.2 Å². The van der Waals surface area contributed by atoms with E-state index in [2.05, 4.69) is 17.4 Å². The molecule has 0 saturated carbocycles. The molecule has 1 aliphatic heterocycles. The summed E-state index contributed by atoms with van der Waals surface area (Å²) in [6.07, 6.45) is 1.77. The normalized spacial score (nSPS) is 13.8. The highest BCUT2D eigenvalue weighted by Crippen LogP contribution is 2.36. The van der Waals surface area contributed by atoms with Crippen molar-refractivity contribution in [2.45, 2.75) is 25.8 Å². The maximum Gasteiger partial charge on any atom is 0.259 e. The van der Waals surface area contributed by atoms with E-state index in [-0.39, 0.29) is 24.4 Å². The number of carbonyl (C=O) groups is 2. The van der Waals surface area contributed by atoms with Crippen LogP contribution in [-0.2, 0) is 11.2 Å². The lowest BCUT2D eigenvalue weighted by Crippen LogP contribution is -2.42. The maximum atomic E-state index is 12.8. The van der Waals surface area contributed by atoms with E-state index in [0.717, 1.165) is 29.3 Å². The predicted octanol–water partition coefficient (Wildman–Crippen LogP) is 3.94. The molecule has 2 amide bonds. The molecule has 0 aromatic heterocycles. The third-order valence-electron chi connectivity index (χ3n) is 5.07. The van der Waals surface area contributed by atoms with Crippen LogP contribution in [0.4, 0.5) is 5.69 Å². The van der Waals surface area contributed by atoms with E-state index in [1.54, 1.807) is 4.90 Å². The molecule has 4 rings (SSSR count).